The number of hydrogen-bond donors (Lipinski definition) is 1. The SMILES string of the molecule is O=C(N[C@@H]1CC(=O)N(CCCc2ccccc2)C1)c1ccco1. The van der Waals surface area contributed by atoms with Gasteiger partial charge in [0.1, 0.15) is 0 Å². The van der Waals surface area contributed by atoms with Crippen LogP contribution in [0.1, 0.15) is 29.0 Å². The maximum Gasteiger partial charge on any atom is 0.287 e. The number of carbonyl (C=O) groups is 2. The number of nitrogens with one attached hydrogen (secondary N) is 1. The van der Waals surface area contributed by atoms with Gasteiger partial charge < -0.3 is 14.6 Å². The third-order valence-electron chi connectivity index (χ3n) is 4.03. The smallest absolute Gasteiger partial charge is 0.287 e. The molecule has 0 radical (unpaired) electrons. The Morgan fingerprint density at radius 1 is 1.22 bits per heavy atom. The van der Waals surface area contributed by atoms with Crippen LogP contribution >= 0.6 is 0 Å². The van der Waals surface area contributed by atoms with Crippen molar-refractivity contribution < 1.29 is 14.0 Å². The van der Waals surface area contributed by atoms with Gasteiger partial charge in [-0.25, -0.2) is 0 Å². The molecule has 1 aromatic heterocycles. The van der Waals surface area contributed by atoms with Gasteiger partial charge in [0.15, 0.2) is 5.76 Å². The quantitative estimate of drug-likeness (QED) is 0.890. The second-order valence-electron chi connectivity index (χ2n) is 5.78. The van der Waals surface area contributed by atoms with Crippen molar-refractivity contribution in [1.29, 1.82) is 0 Å². The summed E-state index contributed by atoms with van der Waals surface area (Å²) >= 11 is 0. The monoisotopic (exact) mass is 312 g/mol. The Balaban J connectivity index is 1.45. The molecule has 1 atom stereocenters. The largest absolute Gasteiger partial charge is 0.459 e. The van der Waals surface area contributed by atoms with E-state index in [4.69, 9.17) is 4.42 Å². The van der Waals surface area contributed by atoms with Crippen LogP contribution in [-0.2, 0) is 11.2 Å². The molecule has 0 bridgehead atoms. The fourth-order valence-electron chi connectivity index (χ4n) is 2.87. The average Bonchev–Trinajstić information content (AvgIpc) is 3.19. The molecule has 2 amide bonds. The molecule has 23 heavy (non-hydrogen) atoms. The van der Waals surface area contributed by atoms with Crippen LogP contribution in [0.2, 0.25) is 0 Å². The van der Waals surface area contributed by atoms with Gasteiger partial charge in [0.2, 0.25) is 5.91 Å². The van der Waals surface area contributed by atoms with Crippen LogP contribution in [0, 0.1) is 0 Å². The summed E-state index contributed by atoms with van der Waals surface area (Å²) in [6, 6.07) is 13.4. The molecule has 1 saturated heterocycles. The van der Waals surface area contributed by atoms with Crippen molar-refractivity contribution >= 4 is 11.8 Å². The zero-order chi connectivity index (χ0) is 16.1. The minimum absolute atomic E-state index is 0.0998. The summed E-state index contributed by atoms with van der Waals surface area (Å²) in [7, 11) is 0. The van der Waals surface area contributed by atoms with E-state index < -0.39 is 0 Å². The number of rotatable bonds is 6. The molecule has 1 aromatic carbocycles. The van der Waals surface area contributed by atoms with Crippen molar-refractivity contribution in [3.63, 3.8) is 0 Å². The fourth-order valence-corrected chi connectivity index (χ4v) is 2.87. The van der Waals surface area contributed by atoms with Gasteiger partial charge in [-0.3, -0.25) is 9.59 Å². The van der Waals surface area contributed by atoms with E-state index in [1.165, 1.54) is 11.8 Å². The highest BCUT2D eigenvalue weighted by atomic mass is 16.3. The number of benzene rings is 1. The van der Waals surface area contributed by atoms with Crippen LogP contribution in [0.4, 0.5) is 0 Å². The van der Waals surface area contributed by atoms with Crippen molar-refractivity contribution in [3.8, 4) is 0 Å². The van der Waals surface area contributed by atoms with E-state index in [1.54, 1.807) is 12.1 Å². The standard InChI is InChI=1S/C18H20N2O3/c21-17-12-15(19-18(22)16-9-5-11-23-16)13-20(17)10-4-8-14-6-2-1-3-7-14/h1-3,5-7,9,11,15H,4,8,10,12-13H2,(H,19,22)/t15-/m1/s1. The van der Waals surface area contributed by atoms with Crippen molar-refractivity contribution in [2.75, 3.05) is 13.1 Å². The Bertz CT molecular complexity index is 652. The van der Waals surface area contributed by atoms with Crippen molar-refractivity contribution in [1.82, 2.24) is 10.2 Å². The lowest BCUT2D eigenvalue weighted by Gasteiger charge is -2.16. The minimum atomic E-state index is -0.265. The van der Waals surface area contributed by atoms with E-state index in [-0.39, 0.29) is 23.6 Å². The molecule has 0 spiro atoms. The molecule has 1 N–H and O–H groups in total. The number of aryl methyl sites for hydroxylation is 1. The van der Waals surface area contributed by atoms with Gasteiger partial charge >= 0.3 is 0 Å². The first kappa shape index (κ1) is 15.3. The number of furan rings is 1. The van der Waals surface area contributed by atoms with Crippen molar-refractivity contribution in [2.45, 2.75) is 25.3 Å². The lowest BCUT2D eigenvalue weighted by molar-refractivity contribution is -0.127. The molecule has 5 heteroatoms. The van der Waals surface area contributed by atoms with Gasteiger partial charge in [-0.05, 0) is 30.5 Å². The highest BCUT2D eigenvalue weighted by Gasteiger charge is 2.30. The predicted molar refractivity (Wildman–Crippen MR) is 85.9 cm³/mol. The van der Waals surface area contributed by atoms with E-state index in [9.17, 15) is 9.59 Å². The Morgan fingerprint density at radius 2 is 2.04 bits per heavy atom. The molecule has 2 aromatic rings. The zero-order valence-corrected chi connectivity index (χ0v) is 12.9. The molecular formula is C18H20N2O3. The topological polar surface area (TPSA) is 62.6 Å². The second kappa shape index (κ2) is 7.13. The molecule has 1 fully saturated rings. The molecule has 0 unspecified atom stereocenters. The molecule has 1 aliphatic rings. The van der Waals surface area contributed by atoms with Gasteiger partial charge in [-0.1, -0.05) is 30.3 Å². The number of amides is 2. The zero-order valence-electron chi connectivity index (χ0n) is 12.9. The van der Waals surface area contributed by atoms with E-state index in [0.29, 0.717) is 13.0 Å². The summed E-state index contributed by atoms with van der Waals surface area (Å²) in [4.78, 5) is 25.8. The first-order valence-corrected chi connectivity index (χ1v) is 7.88. The average molecular weight is 312 g/mol. The van der Waals surface area contributed by atoms with Gasteiger partial charge in [0.05, 0.1) is 12.3 Å². The molecule has 5 nitrogen and oxygen atoms in total. The second-order valence-corrected chi connectivity index (χ2v) is 5.78. The normalized spacial score (nSPS) is 17.5. The predicted octanol–water partition coefficient (Wildman–Crippen LogP) is 2.24. The Labute approximate surface area is 135 Å². The van der Waals surface area contributed by atoms with Crippen LogP contribution in [0.25, 0.3) is 0 Å². The molecule has 120 valence electrons. The Kier molecular flexibility index (Phi) is 4.76. The summed E-state index contributed by atoms with van der Waals surface area (Å²) in [5.74, 6) is 0.113. The highest BCUT2D eigenvalue weighted by Crippen LogP contribution is 2.13. The summed E-state index contributed by atoms with van der Waals surface area (Å²) in [5, 5.41) is 2.85. The Morgan fingerprint density at radius 3 is 2.78 bits per heavy atom. The van der Waals surface area contributed by atoms with E-state index in [1.807, 2.05) is 23.1 Å². The maximum atomic E-state index is 12.0. The summed E-state index contributed by atoms with van der Waals surface area (Å²) in [6.07, 6.45) is 3.70. The van der Waals surface area contributed by atoms with Crippen LogP contribution in [0.15, 0.2) is 53.1 Å². The molecule has 1 aliphatic heterocycles. The first-order chi connectivity index (χ1) is 11.2. The Hall–Kier alpha value is -2.56. The van der Waals surface area contributed by atoms with Crippen LogP contribution in [-0.4, -0.2) is 35.8 Å². The third-order valence-corrected chi connectivity index (χ3v) is 4.03. The number of nitrogens with zero attached hydrogens (tertiary/aromatic N) is 1. The van der Waals surface area contributed by atoms with Gasteiger partial charge in [-0.15, -0.1) is 0 Å². The van der Waals surface area contributed by atoms with E-state index in [0.717, 1.165) is 19.4 Å². The summed E-state index contributed by atoms with van der Waals surface area (Å²) in [5.41, 5.74) is 1.28. The molecule has 2 heterocycles. The van der Waals surface area contributed by atoms with Crippen molar-refractivity contribution in [2.24, 2.45) is 0 Å². The van der Waals surface area contributed by atoms with Gasteiger partial charge in [0, 0.05) is 19.5 Å². The number of likely N-dealkylation sites (tertiary alicyclic amines) is 1. The maximum absolute atomic E-state index is 12.0. The fraction of sp³-hybridized carbons (Fsp3) is 0.333. The molecule has 0 saturated carbocycles. The molecule has 3 rings (SSSR count). The molecule has 0 aliphatic carbocycles. The number of carbonyl (C=O) groups excluding carboxylic acids is 2. The summed E-state index contributed by atoms with van der Waals surface area (Å²) < 4.78 is 5.06. The van der Waals surface area contributed by atoms with Crippen molar-refractivity contribution in [3.05, 3.63) is 60.1 Å². The summed E-state index contributed by atoms with van der Waals surface area (Å²) in [6.45, 7) is 1.29. The van der Waals surface area contributed by atoms with Crippen LogP contribution in [0.5, 0.6) is 0 Å². The number of hydrogen-bond acceptors (Lipinski definition) is 3. The van der Waals surface area contributed by atoms with Gasteiger partial charge in [-0.2, -0.15) is 0 Å². The highest BCUT2D eigenvalue weighted by molar-refractivity contribution is 5.92. The third kappa shape index (κ3) is 4.00. The van der Waals surface area contributed by atoms with Crippen LogP contribution in [0.3, 0.4) is 0 Å². The first-order valence-electron chi connectivity index (χ1n) is 7.88. The van der Waals surface area contributed by atoms with E-state index in [2.05, 4.69) is 17.4 Å². The van der Waals surface area contributed by atoms with E-state index >= 15 is 0 Å². The van der Waals surface area contributed by atoms with Gasteiger partial charge in [0.25, 0.3) is 5.91 Å². The lowest BCUT2D eigenvalue weighted by atomic mass is 10.1. The minimum Gasteiger partial charge on any atom is -0.459 e. The molecular weight excluding hydrogens is 292 g/mol. The van der Waals surface area contributed by atoms with Crippen LogP contribution < -0.4 is 5.32 Å². The lowest BCUT2D eigenvalue weighted by Crippen LogP contribution is -2.37.